The number of hydrogen-bond donors (Lipinski definition) is 0. The van der Waals surface area contributed by atoms with Crippen LogP contribution < -0.4 is 0 Å². The molecule has 0 bridgehead atoms. The summed E-state index contributed by atoms with van der Waals surface area (Å²) in [6, 6.07) is 18.3. The van der Waals surface area contributed by atoms with Crippen molar-refractivity contribution in [2.75, 3.05) is 27.2 Å². The zero-order valence-electron chi connectivity index (χ0n) is 15.7. The van der Waals surface area contributed by atoms with Gasteiger partial charge in [0.2, 0.25) is 5.91 Å². The first-order chi connectivity index (χ1) is 13.1. The predicted octanol–water partition coefficient (Wildman–Crippen LogP) is 3.40. The molecule has 6 heteroatoms. The molecule has 0 aliphatic carbocycles. The molecule has 1 unspecified atom stereocenters. The molecule has 1 saturated heterocycles. The van der Waals surface area contributed by atoms with Crippen molar-refractivity contribution in [2.45, 2.75) is 23.1 Å². The van der Waals surface area contributed by atoms with Crippen LogP contribution in [0.25, 0.3) is 0 Å². The fraction of sp³-hybridized carbons (Fsp3) is 0.333. The zero-order valence-corrected chi connectivity index (χ0v) is 16.5. The van der Waals surface area contributed by atoms with Gasteiger partial charge in [-0.2, -0.15) is 0 Å². The third kappa shape index (κ3) is 3.87. The van der Waals surface area contributed by atoms with Crippen molar-refractivity contribution in [1.82, 2.24) is 14.9 Å². The molecule has 1 atom stereocenters. The van der Waals surface area contributed by atoms with Gasteiger partial charge < -0.3 is 4.90 Å². The molecule has 5 nitrogen and oxygen atoms in total. The predicted molar refractivity (Wildman–Crippen MR) is 110 cm³/mol. The maximum Gasteiger partial charge on any atom is 0.243 e. The Hall–Kier alpha value is -2.31. The third-order valence-corrected chi connectivity index (χ3v) is 6.06. The maximum absolute atomic E-state index is 13.0. The average Bonchev–Trinajstić information content (AvgIpc) is 2.67. The monoisotopic (exact) mass is 380 g/mol. The van der Waals surface area contributed by atoms with E-state index in [4.69, 9.17) is 4.99 Å². The molecule has 1 amide bonds. The van der Waals surface area contributed by atoms with Gasteiger partial charge in [0, 0.05) is 17.9 Å². The first-order valence-electron chi connectivity index (χ1n) is 9.22. The second-order valence-corrected chi connectivity index (χ2v) is 8.36. The Labute approximate surface area is 164 Å². The summed E-state index contributed by atoms with van der Waals surface area (Å²) in [6.07, 6.45) is 0.489. The highest BCUT2D eigenvalue weighted by atomic mass is 32.2. The van der Waals surface area contributed by atoms with E-state index in [0.29, 0.717) is 13.0 Å². The molecule has 2 heterocycles. The number of fused-ring (bicyclic) bond motifs is 2. The summed E-state index contributed by atoms with van der Waals surface area (Å²) in [5.74, 6) is 1.16. The van der Waals surface area contributed by atoms with Gasteiger partial charge in [-0.25, -0.2) is 10.0 Å². The highest BCUT2D eigenvalue weighted by Gasteiger charge is 2.39. The van der Waals surface area contributed by atoms with Gasteiger partial charge in [0.1, 0.15) is 5.84 Å². The van der Waals surface area contributed by atoms with Crippen LogP contribution in [0.1, 0.15) is 12.0 Å². The Morgan fingerprint density at radius 2 is 1.81 bits per heavy atom. The van der Waals surface area contributed by atoms with Gasteiger partial charge in [-0.1, -0.05) is 42.5 Å². The first kappa shape index (κ1) is 18.1. The molecule has 0 saturated carbocycles. The quantitative estimate of drug-likeness (QED) is 0.797. The number of hydrogen-bond acceptors (Lipinski definition) is 5. The largest absolute Gasteiger partial charge is 0.308 e. The number of thioether (sulfide) groups is 1. The number of likely N-dealkylation sites (N-methyl/N-ethyl adjacent to an activating group) is 1. The molecule has 2 aromatic carbocycles. The number of carbonyl (C=O) groups excluding carboxylic acids is 1. The van der Waals surface area contributed by atoms with E-state index in [1.54, 1.807) is 11.8 Å². The van der Waals surface area contributed by atoms with Crippen LogP contribution >= 0.6 is 11.8 Å². The molecule has 0 radical (unpaired) electrons. The topological polar surface area (TPSA) is 39.1 Å². The van der Waals surface area contributed by atoms with Gasteiger partial charge in [0.05, 0.1) is 24.0 Å². The van der Waals surface area contributed by atoms with Gasteiger partial charge >= 0.3 is 0 Å². The Balaban J connectivity index is 1.68. The Morgan fingerprint density at radius 3 is 2.59 bits per heavy atom. The molecule has 2 aliphatic rings. The van der Waals surface area contributed by atoms with Crippen LogP contribution in [0, 0.1) is 0 Å². The minimum absolute atomic E-state index is 0.0848. The van der Waals surface area contributed by atoms with Crippen LogP contribution in [0.3, 0.4) is 0 Å². The summed E-state index contributed by atoms with van der Waals surface area (Å²) in [4.78, 5) is 21.3. The van der Waals surface area contributed by atoms with E-state index in [9.17, 15) is 4.79 Å². The average molecular weight is 381 g/mol. The number of carbonyl (C=O) groups is 1. The summed E-state index contributed by atoms with van der Waals surface area (Å²) in [5, 5.41) is 4.07. The minimum Gasteiger partial charge on any atom is -0.308 e. The van der Waals surface area contributed by atoms with Crippen molar-refractivity contribution >= 4 is 29.2 Å². The van der Waals surface area contributed by atoms with Crippen molar-refractivity contribution in [2.24, 2.45) is 4.99 Å². The molecule has 4 rings (SSSR count). The summed E-state index contributed by atoms with van der Waals surface area (Å²) in [5.41, 5.74) is 2.13. The standard InChI is InChI=1S/C21H24N4OS/c1-23(2)12-13-24-21-19(27-18-11-7-6-10-17(18)22-21)14-20(26)25(24)15-16-8-4-3-5-9-16/h3-11,19H,12-15H2,1-2H3. The van der Waals surface area contributed by atoms with E-state index in [-0.39, 0.29) is 11.2 Å². The number of hydrazine groups is 1. The van der Waals surface area contributed by atoms with Crippen LogP contribution in [0.2, 0.25) is 0 Å². The summed E-state index contributed by atoms with van der Waals surface area (Å²) in [7, 11) is 4.11. The number of para-hydroxylation sites is 1. The summed E-state index contributed by atoms with van der Waals surface area (Å²) < 4.78 is 0. The molecule has 0 N–H and O–H groups in total. The second-order valence-electron chi connectivity index (χ2n) is 7.11. The second kappa shape index (κ2) is 7.74. The molecule has 0 spiro atoms. The Morgan fingerprint density at radius 1 is 1.07 bits per heavy atom. The fourth-order valence-corrected chi connectivity index (χ4v) is 4.59. The lowest BCUT2D eigenvalue weighted by atomic mass is 10.1. The molecule has 2 aliphatic heterocycles. The lowest BCUT2D eigenvalue weighted by Crippen LogP contribution is -2.59. The van der Waals surface area contributed by atoms with Gasteiger partial charge in [-0.05, 0) is 31.8 Å². The lowest BCUT2D eigenvalue weighted by Gasteiger charge is -2.45. The van der Waals surface area contributed by atoms with Crippen LogP contribution in [0.15, 0.2) is 64.5 Å². The number of aliphatic imine (C=N–C) groups is 1. The van der Waals surface area contributed by atoms with Crippen LogP contribution in [0.5, 0.6) is 0 Å². The van der Waals surface area contributed by atoms with Crippen molar-refractivity contribution in [3.05, 3.63) is 60.2 Å². The van der Waals surface area contributed by atoms with Crippen LogP contribution in [-0.4, -0.2) is 59.1 Å². The van der Waals surface area contributed by atoms with Crippen LogP contribution in [0.4, 0.5) is 5.69 Å². The van der Waals surface area contributed by atoms with E-state index in [1.165, 1.54) is 0 Å². The SMILES string of the molecule is CN(C)CCN1C2=Nc3ccccc3SC2CC(=O)N1Cc1ccccc1. The van der Waals surface area contributed by atoms with Gasteiger partial charge in [0.15, 0.2) is 0 Å². The van der Waals surface area contributed by atoms with Crippen molar-refractivity contribution < 1.29 is 4.79 Å². The minimum atomic E-state index is 0.0848. The first-order valence-corrected chi connectivity index (χ1v) is 10.1. The molecule has 140 valence electrons. The van der Waals surface area contributed by atoms with Crippen LogP contribution in [-0.2, 0) is 11.3 Å². The molecular formula is C21H24N4OS. The summed E-state index contributed by atoms with van der Waals surface area (Å²) >= 11 is 1.76. The van der Waals surface area contributed by atoms with Gasteiger partial charge in [-0.3, -0.25) is 9.80 Å². The lowest BCUT2D eigenvalue weighted by molar-refractivity contribution is -0.146. The molecule has 27 heavy (non-hydrogen) atoms. The van der Waals surface area contributed by atoms with E-state index in [1.807, 2.05) is 41.4 Å². The zero-order chi connectivity index (χ0) is 18.8. The highest BCUT2D eigenvalue weighted by Crippen LogP contribution is 2.41. The molecular weight excluding hydrogens is 356 g/mol. The van der Waals surface area contributed by atoms with Crippen molar-refractivity contribution in [3.63, 3.8) is 0 Å². The van der Waals surface area contributed by atoms with E-state index in [2.05, 4.69) is 42.2 Å². The number of amidine groups is 1. The van der Waals surface area contributed by atoms with Gasteiger partial charge in [0.25, 0.3) is 0 Å². The maximum atomic E-state index is 13.0. The number of benzene rings is 2. The van der Waals surface area contributed by atoms with E-state index in [0.717, 1.165) is 35.1 Å². The Bertz CT molecular complexity index is 852. The smallest absolute Gasteiger partial charge is 0.243 e. The number of amides is 1. The normalized spacial score (nSPS) is 19.0. The third-order valence-electron chi connectivity index (χ3n) is 4.80. The van der Waals surface area contributed by atoms with E-state index < -0.39 is 0 Å². The van der Waals surface area contributed by atoms with Crippen molar-refractivity contribution in [1.29, 1.82) is 0 Å². The van der Waals surface area contributed by atoms with Crippen molar-refractivity contribution in [3.8, 4) is 0 Å². The molecule has 2 aromatic rings. The molecule has 1 fully saturated rings. The fourth-order valence-electron chi connectivity index (χ4n) is 3.39. The van der Waals surface area contributed by atoms with Gasteiger partial charge in [-0.15, -0.1) is 11.8 Å². The molecule has 0 aromatic heterocycles. The number of rotatable bonds is 5. The Kier molecular flexibility index (Phi) is 5.18. The van der Waals surface area contributed by atoms with E-state index >= 15 is 0 Å². The summed E-state index contributed by atoms with van der Waals surface area (Å²) in [6.45, 7) is 2.17. The number of nitrogens with zero attached hydrogens (tertiary/aromatic N) is 4. The highest BCUT2D eigenvalue weighted by molar-refractivity contribution is 8.01.